The van der Waals surface area contributed by atoms with Crippen LogP contribution in [0.25, 0.3) is 0 Å². The maximum absolute atomic E-state index is 10.5. The van der Waals surface area contributed by atoms with Crippen molar-refractivity contribution < 1.29 is 14.3 Å². The van der Waals surface area contributed by atoms with Gasteiger partial charge in [-0.25, -0.2) is 0 Å². The van der Waals surface area contributed by atoms with Crippen molar-refractivity contribution in [1.29, 1.82) is 0 Å². The van der Waals surface area contributed by atoms with Crippen molar-refractivity contribution in [3.63, 3.8) is 0 Å². The van der Waals surface area contributed by atoms with E-state index in [1.54, 1.807) is 12.1 Å². The van der Waals surface area contributed by atoms with Crippen molar-refractivity contribution in [2.75, 3.05) is 24.6 Å². The second-order valence-corrected chi connectivity index (χ2v) is 3.36. The van der Waals surface area contributed by atoms with E-state index in [1.807, 2.05) is 4.90 Å². The highest BCUT2D eigenvalue weighted by molar-refractivity contribution is 5.71. The van der Waals surface area contributed by atoms with Gasteiger partial charge in [-0.1, -0.05) is 13.3 Å². The molecule has 4 heteroatoms. The fraction of sp³-hybridized carbons (Fsp3) is 0.545. The fourth-order valence-corrected chi connectivity index (χ4v) is 1.38. The minimum Gasteiger partial charge on any atom is -0.438 e. The molecule has 0 saturated carbocycles. The standard InChI is InChI=1S/C11H17NO3/c1-2-3-6-12(7-8-13)11-5-4-10(9-14)15-11/h4-5,9,13H,2-3,6-8H2,1H3. The Morgan fingerprint density at radius 2 is 2.27 bits per heavy atom. The molecule has 1 aromatic rings. The predicted molar refractivity (Wildman–Crippen MR) is 58.3 cm³/mol. The van der Waals surface area contributed by atoms with Crippen molar-refractivity contribution in [1.82, 2.24) is 0 Å². The van der Waals surface area contributed by atoms with Gasteiger partial charge in [-0.3, -0.25) is 4.79 Å². The zero-order valence-corrected chi connectivity index (χ0v) is 8.98. The van der Waals surface area contributed by atoms with Crippen molar-refractivity contribution in [2.45, 2.75) is 19.8 Å². The van der Waals surface area contributed by atoms with Crippen molar-refractivity contribution in [3.8, 4) is 0 Å². The Labute approximate surface area is 89.5 Å². The van der Waals surface area contributed by atoms with Crippen LogP contribution in [0.5, 0.6) is 0 Å². The molecule has 1 aromatic heterocycles. The molecule has 0 spiro atoms. The number of nitrogens with zero attached hydrogens (tertiary/aromatic N) is 1. The Kier molecular flexibility index (Phi) is 4.90. The molecular formula is C11H17NO3. The highest BCUT2D eigenvalue weighted by atomic mass is 16.4. The van der Waals surface area contributed by atoms with Crippen LogP contribution in [0.3, 0.4) is 0 Å². The number of hydrogen-bond donors (Lipinski definition) is 1. The molecule has 15 heavy (non-hydrogen) atoms. The second-order valence-electron chi connectivity index (χ2n) is 3.36. The highest BCUT2D eigenvalue weighted by Crippen LogP contribution is 2.17. The predicted octanol–water partition coefficient (Wildman–Crippen LogP) is 1.69. The summed E-state index contributed by atoms with van der Waals surface area (Å²) >= 11 is 0. The summed E-state index contributed by atoms with van der Waals surface area (Å²) in [5.74, 6) is 0.976. The lowest BCUT2D eigenvalue weighted by Crippen LogP contribution is -2.27. The molecule has 0 saturated heterocycles. The van der Waals surface area contributed by atoms with Gasteiger partial charge in [0, 0.05) is 19.2 Å². The van der Waals surface area contributed by atoms with Crippen molar-refractivity contribution in [2.24, 2.45) is 0 Å². The Morgan fingerprint density at radius 1 is 1.47 bits per heavy atom. The third kappa shape index (κ3) is 3.40. The van der Waals surface area contributed by atoms with E-state index < -0.39 is 0 Å². The first-order chi connectivity index (χ1) is 7.31. The molecule has 0 aliphatic heterocycles. The first kappa shape index (κ1) is 11.8. The minimum absolute atomic E-state index is 0.0842. The molecule has 0 atom stereocenters. The number of carbonyl (C=O) groups excluding carboxylic acids is 1. The summed E-state index contributed by atoms with van der Waals surface area (Å²) in [5, 5.41) is 8.91. The van der Waals surface area contributed by atoms with Crippen LogP contribution in [0.15, 0.2) is 16.5 Å². The molecule has 0 bridgehead atoms. The molecule has 0 aromatic carbocycles. The lowest BCUT2D eigenvalue weighted by Gasteiger charge is -2.20. The quantitative estimate of drug-likeness (QED) is 0.697. The van der Waals surface area contributed by atoms with Crippen LogP contribution in [-0.2, 0) is 0 Å². The van der Waals surface area contributed by atoms with E-state index in [2.05, 4.69) is 6.92 Å². The Morgan fingerprint density at radius 3 is 2.80 bits per heavy atom. The third-order valence-corrected chi connectivity index (χ3v) is 2.19. The Balaban J connectivity index is 2.64. The number of anilines is 1. The summed E-state index contributed by atoms with van der Waals surface area (Å²) in [7, 11) is 0. The Bertz CT molecular complexity index is 296. The number of carbonyl (C=O) groups is 1. The summed E-state index contributed by atoms with van der Waals surface area (Å²) in [5.41, 5.74) is 0. The monoisotopic (exact) mass is 211 g/mol. The van der Waals surface area contributed by atoms with Gasteiger partial charge in [-0.2, -0.15) is 0 Å². The van der Waals surface area contributed by atoms with Crippen LogP contribution in [-0.4, -0.2) is 31.1 Å². The van der Waals surface area contributed by atoms with E-state index in [1.165, 1.54) is 0 Å². The zero-order chi connectivity index (χ0) is 11.1. The maximum atomic E-state index is 10.5. The number of furan rings is 1. The van der Waals surface area contributed by atoms with Crippen LogP contribution in [0.2, 0.25) is 0 Å². The molecule has 0 aliphatic carbocycles. The fourth-order valence-electron chi connectivity index (χ4n) is 1.38. The van der Waals surface area contributed by atoms with Gasteiger partial charge in [0.15, 0.2) is 17.9 Å². The van der Waals surface area contributed by atoms with E-state index in [0.717, 1.165) is 19.4 Å². The van der Waals surface area contributed by atoms with Crippen LogP contribution in [0.4, 0.5) is 5.88 Å². The van der Waals surface area contributed by atoms with Gasteiger partial charge in [-0.05, 0) is 12.5 Å². The zero-order valence-electron chi connectivity index (χ0n) is 8.98. The lowest BCUT2D eigenvalue weighted by molar-refractivity contribution is 0.110. The molecule has 1 rings (SSSR count). The summed E-state index contributed by atoms with van der Waals surface area (Å²) in [6, 6.07) is 3.40. The molecule has 1 N–H and O–H groups in total. The smallest absolute Gasteiger partial charge is 0.196 e. The number of rotatable bonds is 7. The van der Waals surface area contributed by atoms with Gasteiger partial charge in [0.1, 0.15) is 0 Å². The maximum Gasteiger partial charge on any atom is 0.196 e. The molecule has 0 radical (unpaired) electrons. The highest BCUT2D eigenvalue weighted by Gasteiger charge is 2.09. The van der Waals surface area contributed by atoms with E-state index >= 15 is 0 Å². The van der Waals surface area contributed by atoms with Crippen molar-refractivity contribution in [3.05, 3.63) is 17.9 Å². The first-order valence-corrected chi connectivity index (χ1v) is 5.22. The lowest BCUT2D eigenvalue weighted by atomic mass is 10.3. The normalized spacial score (nSPS) is 10.3. The van der Waals surface area contributed by atoms with Gasteiger partial charge in [0.2, 0.25) is 0 Å². The van der Waals surface area contributed by atoms with Gasteiger partial charge in [-0.15, -0.1) is 0 Å². The topological polar surface area (TPSA) is 53.7 Å². The van der Waals surface area contributed by atoms with Gasteiger partial charge < -0.3 is 14.4 Å². The molecule has 0 amide bonds. The number of aldehydes is 1. The molecule has 84 valence electrons. The average Bonchev–Trinajstić information content (AvgIpc) is 2.72. The van der Waals surface area contributed by atoms with Crippen LogP contribution in [0, 0.1) is 0 Å². The average molecular weight is 211 g/mol. The second kappa shape index (κ2) is 6.24. The molecule has 0 aliphatic rings. The number of aliphatic hydroxyl groups is 1. The van der Waals surface area contributed by atoms with E-state index in [9.17, 15) is 4.79 Å². The van der Waals surface area contributed by atoms with Gasteiger partial charge in [0.05, 0.1) is 6.61 Å². The minimum atomic E-state index is 0.0842. The largest absolute Gasteiger partial charge is 0.438 e. The molecule has 0 unspecified atom stereocenters. The Hall–Kier alpha value is -1.29. The summed E-state index contributed by atoms with van der Waals surface area (Å²) in [6.07, 6.45) is 2.81. The van der Waals surface area contributed by atoms with Gasteiger partial charge in [0.25, 0.3) is 0 Å². The summed E-state index contributed by atoms with van der Waals surface area (Å²) < 4.78 is 5.29. The van der Waals surface area contributed by atoms with Crippen LogP contribution < -0.4 is 4.90 Å². The molecule has 4 nitrogen and oxygen atoms in total. The SMILES string of the molecule is CCCCN(CCO)c1ccc(C=O)o1. The number of hydrogen-bond acceptors (Lipinski definition) is 4. The number of aliphatic hydroxyl groups excluding tert-OH is 1. The molecule has 0 fully saturated rings. The molecular weight excluding hydrogens is 194 g/mol. The van der Waals surface area contributed by atoms with Gasteiger partial charge >= 0.3 is 0 Å². The van der Waals surface area contributed by atoms with Crippen LogP contribution in [0.1, 0.15) is 30.3 Å². The number of unbranched alkanes of at least 4 members (excludes halogenated alkanes) is 1. The molecule has 1 heterocycles. The van der Waals surface area contributed by atoms with E-state index in [0.29, 0.717) is 24.5 Å². The van der Waals surface area contributed by atoms with Crippen LogP contribution >= 0.6 is 0 Å². The van der Waals surface area contributed by atoms with E-state index in [-0.39, 0.29) is 6.61 Å². The third-order valence-electron chi connectivity index (χ3n) is 2.19. The summed E-state index contributed by atoms with van der Waals surface area (Å²) in [4.78, 5) is 12.4. The first-order valence-electron chi connectivity index (χ1n) is 5.22. The van der Waals surface area contributed by atoms with Crippen molar-refractivity contribution >= 4 is 12.2 Å². The van der Waals surface area contributed by atoms with E-state index in [4.69, 9.17) is 9.52 Å². The summed E-state index contributed by atoms with van der Waals surface area (Å²) in [6.45, 7) is 3.56.